The first-order valence-electron chi connectivity index (χ1n) is 7.63. The molecule has 0 spiro atoms. The predicted molar refractivity (Wildman–Crippen MR) is 85.5 cm³/mol. The molecule has 7 nitrogen and oxygen atoms in total. The molecule has 24 heavy (non-hydrogen) atoms. The number of ether oxygens (including phenoxy) is 2. The summed E-state index contributed by atoms with van der Waals surface area (Å²) in [5.41, 5.74) is -0.0108. The number of nitrogens with zero attached hydrogens (tertiary/aromatic N) is 2. The quantitative estimate of drug-likeness (QED) is 0.919. The number of halogens is 1. The van der Waals surface area contributed by atoms with E-state index in [-0.39, 0.29) is 41.3 Å². The lowest BCUT2D eigenvalue weighted by Crippen LogP contribution is -2.39. The van der Waals surface area contributed by atoms with Gasteiger partial charge in [0.25, 0.3) is 17.3 Å². The van der Waals surface area contributed by atoms with Crippen LogP contribution in [0.15, 0.2) is 17.1 Å². The van der Waals surface area contributed by atoms with Crippen molar-refractivity contribution in [2.45, 2.75) is 19.0 Å². The molecule has 128 valence electrons. The van der Waals surface area contributed by atoms with Crippen LogP contribution in [0.2, 0.25) is 0 Å². The molecule has 0 bridgehead atoms. The Morgan fingerprint density at radius 1 is 1.33 bits per heavy atom. The third kappa shape index (κ3) is 2.68. The SMILES string of the molecule is COc1nc2cc[nH]c(=O)c2c(C(=O)N2CCC(F)CC2)c1OC. The van der Waals surface area contributed by atoms with Gasteiger partial charge in [0.05, 0.1) is 25.1 Å². The molecule has 0 saturated carbocycles. The predicted octanol–water partition coefficient (Wildman–Crippen LogP) is 1.51. The second-order valence-electron chi connectivity index (χ2n) is 5.56. The van der Waals surface area contributed by atoms with Crippen LogP contribution >= 0.6 is 0 Å². The number of alkyl halides is 1. The van der Waals surface area contributed by atoms with Gasteiger partial charge in [-0.1, -0.05) is 0 Å². The first-order valence-corrected chi connectivity index (χ1v) is 7.63. The molecule has 3 rings (SSSR count). The lowest BCUT2D eigenvalue weighted by Gasteiger charge is -2.29. The zero-order valence-corrected chi connectivity index (χ0v) is 13.5. The van der Waals surface area contributed by atoms with E-state index < -0.39 is 11.7 Å². The molecule has 3 heterocycles. The van der Waals surface area contributed by atoms with Crippen LogP contribution in [0.3, 0.4) is 0 Å². The molecule has 1 saturated heterocycles. The van der Waals surface area contributed by atoms with Crippen LogP contribution in [-0.4, -0.2) is 54.3 Å². The third-order valence-corrected chi connectivity index (χ3v) is 4.16. The highest BCUT2D eigenvalue weighted by atomic mass is 19.1. The van der Waals surface area contributed by atoms with Crippen molar-refractivity contribution >= 4 is 16.8 Å². The van der Waals surface area contributed by atoms with E-state index in [0.29, 0.717) is 18.6 Å². The van der Waals surface area contributed by atoms with Crippen LogP contribution in [0.5, 0.6) is 11.6 Å². The van der Waals surface area contributed by atoms with Crippen molar-refractivity contribution in [3.8, 4) is 11.6 Å². The van der Waals surface area contributed by atoms with E-state index in [9.17, 15) is 14.0 Å². The van der Waals surface area contributed by atoms with Gasteiger partial charge in [0.15, 0.2) is 5.75 Å². The maximum atomic E-state index is 13.4. The summed E-state index contributed by atoms with van der Waals surface area (Å²) in [7, 11) is 2.79. The Balaban J connectivity index is 2.20. The lowest BCUT2D eigenvalue weighted by atomic mass is 10.0. The lowest BCUT2D eigenvalue weighted by molar-refractivity contribution is 0.0665. The third-order valence-electron chi connectivity index (χ3n) is 4.16. The van der Waals surface area contributed by atoms with E-state index in [1.54, 1.807) is 6.07 Å². The van der Waals surface area contributed by atoms with Crippen LogP contribution in [0, 0.1) is 0 Å². The zero-order chi connectivity index (χ0) is 17.3. The Kier molecular flexibility index (Phi) is 4.37. The molecule has 0 atom stereocenters. The van der Waals surface area contributed by atoms with Gasteiger partial charge in [-0.3, -0.25) is 9.59 Å². The fourth-order valence-corrected chi connectivity index (χ4v) is 2.92. The van der Waals surface area contributed by atoms with Crippen LogP contribution in [0.4, 0.5) is 4.39 Å². The number of pyridine rings is 2. The standard InChI is InChI=1S/C16H18FN3O4/c1-23-13-12(16(22)20-7-4-9(17)5-8-20)11-10(19-15(13)24-2)3-6-18-14(11)21/h3,6,9H,4-5,7-8H2,1-2H3,(H,18,21). The summed E-state index contributed by atoms with van der Waals surface area (Å²) in [5, 5.41) is 0.141. The number of nitrogens with one attached hydrogen (secondary N) is 1. The van der Waals surface area contributed by atoms with Gasteiger partial charge in [-0.05, 0) is 18.9 Å². The number of H-pyrrole nitrogens is 1. The van der Waals surface area contributed by atoms with Gasteiger partial charge < -0.3 is 19.4 Å². The number of amides is 1. The number of carbonyl (C=O) groups excluding carboxylic acids is 1. The number of piperidine rings is 1. The normalized spacial score (nSPS) is 15.5. The Morgan fingerprint density at radius 2 is 2.04 bits per heavy atom. The Hall–Kier alpha value is -2.64. The van der Waals surface area contributed by atoms with Crippen molar-refractivity contribution < 1.29 is 18.7 Å². The Morgan fingerprint density at radius 3 is 2.67 bits per heavy atom. The largest absolute Gasteiger partial charge is 0.491 e. The average Bonchev–Trinajstić information content (AvgIpc) is 2.60. The van der Waals surface area contributed by atoms with Crippen LogP contribution in [0.1, 0.15) is 23.2 Å². The van der Waals surface area contributed by atoms with Crippen molar-refractivity contribution in [3.63, 3.8) is 0 Å². The monoisotopic (exact) mass is 335 g/mol. The molecule has 1 N–H and O–H groups in total. The van der Waals surface area contributed by atoms with Gasteiger partial charge in [-0.15, -0.1) is 0 Å². The minimum Gasteiger partial charge on any atom is -0.491 e. The minimum absolute atomic E-state index is 0.0958. The first kappa shape index (κ1) is 16.2. The molecule has 0 radical (unpaired) electrons. The summed E-state index contributed by atoms with van der Waals surface area (Å²) in [4.78, 5) is 33.6. The first-order chi connectivity index (χ1) is 11.6. The summed E-state index contributed by atoms with van der Waals surface area (Å²) in [6, 6.07) is 1.59. The van der Waals surface area contributed by atoms with E-state index in [1.165, 1.54) is 25.3 Å². The van der Waals surface area contributed by atoms with Crippen molar-refractivity contribution in [3.05, 3.63) is 28.2 Å². The van der Waals surface area contributed by atoms with E-state index in [2.05, 4.69) is 9.97 Å². The van der Waals surface area contributed by atoms with Gasteiger partial charge >= 0.3 is 0 Å². The van der Waals surface area contributed by atoms with E-state index >= 15 is 0 Å². The van der Waals surface area contributed by atoms with Crippen LogP contribution in [-0.2, 0) is 0 Å². The molecule has 8 heteroatoms. The molecule has 1 amide bonds. The minimum atomic E-state index is -0.900. The maximum absolute atomic E-state index is 13.4. The van der Waals surface area contributed by atoms with Gasteiger partial charge in [0, 0.05) is 19.3 Å². The number of methoxy groups -OCH3 is 2. The highest BCUT2D eigenvalue weighted by Crippen LogP contribution is 2.34. The van der Waals surface area contributed by atoms with Gasteiger partial charge in [0.2, 0.25) is 0 Å². The van der Waals surface area contributed by atoms with Crippen molar-refractivity contribution in [1.82, 2.24) is 14.9 Å². The summed E-state index contributed by atoms with van der Waals surface area (Å²) < 4.78 is 23.9. The molecular formula is C16H18FN3O4. The number of aromatic amines is 1. The molecule has 2 aromatic rings. The van der Waals surface area contributed by atoms with Gasteiger partial charge in [-0.25, -0.2) is 9.37 Å². The number of rotatable bonds is 3. The Labute approximate surface area is 137 Å². The highest BCUT2D eigenvalue weighted by Gasteiger charge is 2.30. The smallest absolute Gasteiger partial charge is 0.258 e. The second-order valence-corrected chi connectivity index (χ2v) is 5.56. The number of aromatic nitrogens is 2. The maximum Gasteiger partial charge on any atom is 0.258 e. The average molecular weight is 335 g/mol. The van der Waals surface area contributed by atoms with Crippen molar-refractivity contribution in [2.75, 3.05) is 27.3 Å². The van der Waals surface area contributed by atoms with Gasteiger partial charge in [0.1, 0.15) is 11.7 Å². The number of hydrogen-bond acceptors (Lipinski definition) is 5. The van der Waals surface area contributed by atoms with Crippen molar-refractivity contribution in [1.29, 1.82) is 0 Å². The summed E-state index contributed by atoms with van der Waals surface area (Å²) in [6.07, 6.45) is 1.12. The zero-order valence-electron chi connectivity index (χ0n) is 13.5. The Bertz CT molecular complexity index is 828. The number of carbonyl (C=O) groups is 1. The van der Waals surface area contributed by atoms with Crippen LogP contribution in [0.25, 0.3) is 10.9 Å². The topological polar surface area (TPSA) is 84.5 Å². The fraction of sp³-hybridized carbons (Fsp3) is 0.438. The van der Waals surface area contributed by atoms with E-state index in [0.717, 1.165) is 0 Å². The van der Waals surface area contributed by atoms with Crippen molar-refractivity contribution in [2.24, 2.45) is 0 Å². The summed E-state index contributed by atoms with van der Waals surface area (Å²) >= 11 is 0. The molecule has 0 unspecified atom stereocenters. The molecule has 1 aliphatic heterocycles. The van der Waals surface area contributed by atoms with Crippen LogP contribution < -0.4 is 15.0 Å². The molecule has 1 aliphatic rings. The molecule has 2 aromatic heterocycles. The fourth-order valence-electron chi connectivity index (χ4n) is 2.92. The number of fused-ring (bicyclic) bond motifs is 1. The molecular weight excluding hydrogens is 317 g/mol. The molecule has 0 aromatic carbocycles. The number of likely N-dealkylation sites (tertiary alicyclic amines) is 1. The highest BCUT2D eigenvalue weighted by molar-refractivity contribution is 6.09. The summed E-state index contributed by atoms with van der Waals surface area (Å²) in [6.45, 7) is 0.583. The molecule has 1 fully saturated rings. The summed E-state index contributed by atoms with van der Waals surface area (Å²) in [5.74, 6) is -0.158. The number of hydrogen-bond donors (Lipinski definition) is 1. The van der Waals surface area contributed by atoms with Gasteiger partial charge in [-0.2, -0.15) is 0 Å². The van der Waals surface area contributed by atoms with E-state index in [4.69, 9.17) is 9.47 Å². The molecule has 0 aliphatic carbocycles. The second kappa shape index (κ2) is 6.46. The van der Waals surface area contributed by atoms with E-state index in [1.807, 2.05) is 0 Å².